The van der Waals surface area contributed by atoms with Gasteiger partial charge >= 0.3 is 0 Å². The Balaban J connectivity index is 1.37. The Labute approximate surface area is 189 Å². The Morgan fingerprint density at radius 1 is 0.938 bits per heavy atom. The fourth-order valence-corrected chi connectivity index (χ4v) is 5.48. The van der Waals surface area contributed by atoms with E-state index in [0.717, 1.165) is 38.2 Å². The third kappa shape index (κ3) is 4.20. The van der Waals surface area contributed by atoms with Crippen LogP contribution in [0.2, 0.25) is 0 Å². The summed E-state index contributed by atoms with van der Waals surface area (Å²) in [5.74, 6) is 0.0859. The fourth-order valence-electron chi connectivity index (χ4n) is 5.48. The molecule has 166 valence electrons. The maximum absolute atomic E-state index is 14.2. The topological polar surface area (TPSA) is 39.6 Å². The van der Waals surface area contributed by atoms with Gasteiger partial charge in [0.1, 0.15) is 5.82 Å². The number of hydrogen-bond donors (Lipinski definition) is 1. The van der Waals surface area contributed by atoms with Crippen LogP contribution < -0.4 is 0 Å². The molecule has 2 saturated heterocycles. The minimum absolute atomic E-state index is 0.153. The van der Waals surface area contributed by atoms with E-state index in [1.807, 2.05) is 36.7 Å². The van der Waals surface area contributed by atoms with Crippen molar-refractivity contribution in [1.82, 2.24) is 14.8 Å². The number of hydrogen-bond acceptors (Lipinski definition) is 4. The van der Waals surface area contributed by atoms with Crippen molar-refractivity contribution < 1.29 is 9.50 Å². The molecule has 0 aliphatic carbocycles. The Bertz CT molecular complexity index is 1030. The second-order valence-corrected chi connectivity index (χ2v) is 8.98. The van der Waals surface area contributed by atoms with E-state index in [1.165, 1.54) is 23.6 Å². The summed E-state index contributed by atoms with van der Waals surface area (Å²) in [7, 11) is 0. The third-order valence-electron chi connectivity index (χ3n) is 7.09. The zero-order chi connectivity index (χ0) is 21.9. The summed E-state index contributed by atoms with van der Waals surface area (Å²) in [5.41, 5.74) is 4.04. The van der Waals surface area contributed by atoms with Crippen LogP contribution in [0.25, 0.3) is 11.1 Å². The van der Waals surface area contributed by atoms with Gasteiger partial charge in [-0.1, -0.05) is 42.5 Å². The Morgan fingerprint density at radius 3 is 2.44 bits per heavy atom. The maximum Gasteiger partial charge on any atom is 0.131 e. The molecule has 4 nitrogen and oxygen atoms in total. The van der Waals surface area contributed by atoms with Crippen LogP contribution in [-0.2, 0) is 6.54 Å². The number of fused-ring (bicyclic) bond motifs is 1. The van der Waals surface area contributed by atoms with Crippen molar-refractivity contribution in [3.05, 3.63) is 90.0 Å². The van der Waals surface area contributed by atoms with E-state index >= 15 is 0 Å². The smallest absolute Gasteiger partial charge is 0.131 e. The minimum atomic E-state index is -0.199. The predicted molar refractivity (Wildman–Crippen MR) is 125 cm³/mol. The number of benzene rings is 2. The molecule has 3 atom stereocenters. The lowest BCUT2D eigenvalue weighted by molar-refractivity contribution is -0.0655. The van der Waals surface area contributed by atoms with Crippen LogP contribution in [0.5, 0.6) is 0 Å². The fraction of sp³-hybridized carbons (Fsp3) is 0.370. The first-order valence-corrected chi connectivity index (χ1v) is 11.6. The molecule has 2 fully saturated rings. The summed E-state index contributed by atoms with van der Waals surface area (Å²) in [5, 5.41) is 10.2. The molecule has 0 radical (unpaired) electrons. The Morgan fingerprint density at radius 2 is 1.69 bits per heavy atom. The predicted octanol–water partition coefficient (Wildman–Crippen LogP) is 4.31. The van der Waals surface area contributed by atoms with Crippen molar-refractivity contribution in [1.29, 1.82) is 0 Å². The first-order valence-electron chi connectivity index (χ1n) is 11.6. The van der Waals surface area contributed by atoms with Crippen molar-refractivity contribution in [2.24, 2.45) is 0 Å². The summed E-state index contributed by atoms with van der Waals surface area (Å²) in [6.45, 7) is 4.22. The number of aromatic nitrogens is 1. The van der Waals surface area contributed by atoms with Crippen LogP contribution in [0.4, 0.5) is 4.39 Å². The monoisotopic (exact) mass is 431 g/mol. The highest BCUT2D eigenvalue weighted by atomic mass is 19.1. The minimum Gasteiger partial charge on any atom is -0.395 e. The summed E-state index contributed by atoms with van der Waals surface area (Å²) < 4.78 is 14.2. The third-order valence-corrected chi connectivity index (χ3v) is 7.09. The highest BCUT2D eigenvalue weighted by molar-refractivity contribution is 5.64. The van der Waals surface area contributed by atoms with Gasteiger partial charge in [0.25, 0.3) is 0 Å². The van der Waals surface area contributed by atoms with E-state index in [0.29, 0.717) is 11.6 Å². The molecule has 1 aromatic heterocycles. The van der Waals surface area contributed by atoms with Crippen LogP contribution in [0.3, 0.4) is 0 Å². The average molecular weight is 432 g/mol. The molecule has 1 N–H and O–H groups in total. The molecular weight excluding hydrogens is 401 g/mol. The van der Waals surface area contributed by atoms with E-state index in [-0.39, 0.29) is 24.4 Å². The molecule has 5 rings (SSSR count). The normalized spacial score (nSPS) is 24.2. The lowest BCUT2D eigenvalue weighted by Gasteiger charge is -2.57. The highest BCUT2D eigenvalue weighted by Gasteiger charge is 2.49. The zero-order valence-electron chi connectivity index (χ0n) is 18.3. The molecular formula is C27H30FN3O. The van der Waals surface area contributed by atoms with E-state index < -0.39 is 0 Å². The molecule has 32 heavy (non-hydrogen) atoms. The lowest BCUT2D eigenvalue weighted by Crippen LogP contribution is -2.67. The van der Waals surface area contributed by atoms with Gasteiger partial charge in [0.15, 0.2) is 0 Å². The number of nitrogens with zero attached hydrogens (tertiary/aromatic N) is 3. The van der Waals surface area contributed by atoms with Gasteiger partial charge in [-0.2, -0.15) is 0 Å². The second-order valence-electron chi connectivity index (χ2n) is 8.98. The van der Waals surface area contributed by atoms with Gasteiger partial charge in [-0.05, 0) is 60.8 Å². The van der Waals surface area contributed by atoms with Crippen molar-refractivity contribution >= 4 is 0 Å². The molecule has 0 spiro atoms. The van der Waals surface area contributed by atoms with Crippen LogP contribution in [0, 0.1) is 5.82 Å². The van der Waals surface area contributed by atoms with E-state index in [9.17, 15) is 9.50 Å². The van der Waals surface area contributed by atoms with Crippen LogP contribution in [-0.4, -0.2) is 58.2 Å². The van der Waals surface area contributed by atoms with Gasteiger partial charge in [0, 0.05) is 49.0 Å². The van der Waals surface area contributed by atoms with Crippen molar-refractivity contribution in [3.8, 4) is 11.1 Å². The molecule has 0 saturated carbocycles. The van der Waals surface area contributed by atoms with Crippen LogP contribution in [0.15, 0.2) is 73.1 Å². The van der Waals surface area contributed by atoms with Crippen molar-refractivity contribution in [3.63, 3.8) is 0 Å². The van der Waals surface area contributed by atoms with Gasteiger partial charge in [-0.3, -0.25) is 14.8 Å². The van der Waals surface area contributed by atoms with E-state index in [1.54, 1.807) is 6.07 Å². The van der Waals surface area contributed by atoms with E-state index in [2.05, 4.69) is 39.0 Å². The van der Waals surface area contributed by atoms with Gasteiger partial charge < -0.3 is 5.11 Å². The molecule has 3 heterocycles. The molecule has 2 aliphatic rings. The summed E-state index contributed by atoms with van der Waals surface area (Å²) in [4.78, 5) is 9.18. The molecule has 0 amide bonds. The molecule has 2 aromatic carbocycles. The van der Waals surface area contributed by atoms with Crippen LogP contribution in [0.1, 0.15) is 29.9 Å². The largest absolute Gasteiger partial charge is 0.395 e. The summed E-state index contributed by atoms with van der Waals surface area (Å²) >= 11 is 0. The second kappa shape index (κ2) is 9.49. The number of aliphatic hydroxyl groups excluding tert-OH is 1. The molecule has 0 unspecified atom stereocenters. The number of aliphatic hydroxyl groups is 1. The lowest BCUT2D eigenvalue weighted by atomic mass is 9.74. The molecule has 3 aromatic rings. The SMILES string of the molecule is OC[C@@H]1[C@H](c2ccc(-c3ccccc3F)cc2)[C@@H]2CN(Cc3ccncc3)CCCCN12. The van der Waals surface area contributed by atoms with Crippen molar-refractivity contribution in [2.45, 2.75) is 37.4 Å². The quantitative estimate of drug-likeness (QED) is 0.653. The number of halogens is 1. The maximum atomic E-state index is 14.2. The van der Waals surface area contributed by atoms with Crippen LogP contribution >= 0.6 is 0 Å². The Hall–Kier alpha value is -2.60. The first-order chi connectivity index (χ1) is 15.7. The molecule has 0 bridgehead atoms. The average Bonchev–Trinajstić information content (AvgIpc) is 2.81. The summed E-state index contributed by atoms with van der Waals surface area (Å²) in [6, 6.07) is 19.9. The van der Waals surface area contributed by atoms with Gasteiger partial charge in [0.05, 0.1) is 6.61 Å². The summed E-state index contributed by atoms with van der Waals surface area (Å²) in [6.07, 6.45) is 6.04. The van der Waals surface area contributed by atoms with Gasteiger partial charge in [-0.25, -0.2) is 4.39 Å². The first kappa shape index (κ1) is 21.3. The van der Waals surface area contributed by atoms with Gasteiger partial charge in [-0.15, -0.1) is 0 Å². The molecule has 5 heteroatoms. The van der Waals surface area contributed by atoms with Crippen molar-refractivity contribution in [2.75, 3.05) is 26.2 Å². The zero-order valence-corrected chi connectivity index (χ0v) is 18.3. The molecule has 2 aliphatic heterocycles. The van der Waals surface area contributed by atoms with E-state index in [4.69, 9.17) is 0 Å². The van der Waals surface area contributed by atoms with Gasteiger partial charge in [0.2, 0.25) is 0 Å². The number of rotatable bonds is 5. The standard InChI is InChI=1S/C27H30FN3O/c28-24-6-2-1-5-23(24)21-7-9-22(10-8-21)27-25-18-30(17-20-11-13-29-14-12-20)15-3-4-16-31(25)26(27)19-32/h1-2,5-14,25-27,32H,3-4,15-19H2/t25-,26+,27+/m0/s1. The number of pyridine rings is 1. The Kier molecular flexibility index (Phi) is 6.30. The highest BCUT2D eigenvalue weighted by Crippen LogP contribution is 2.42.